The van der Waals surface area contributed by atoms with Crippen molar-refractivity contribution < 1.29 is 9.15 Å². The molecule has 0 aliphatic heterocycles. The van der Waals surface area contributed by atoms with E-state index in [1.54, 1.807) is 13.4 Å². The van der Waals surface area contributed by atoms with E-state index in [2.05, 4.69) is 10.3 Å². The number of ether oxygens (including phenoxy) is 1. The Morgan fingerprint density at radius 2 is 2.30 bits per heavy atom. The van der Waals surface area contributed by atoms with Gasteiger partial charge in [-0.3, -0.25) is 4.90 Å². The van der Waals surface area contributed by atoms with Crippen LogP contribution in [0.2, 0.25) is 0 Å². The Kier molecular flexibility index (Phi) is 3.60. The van der Waals surface area contributed by atoms with Crippen LogP contribution in [0.15, 0.2) is 34.9 Å². The molecule has 0 unspecified atom stereocenters. The van der Waals surface area contributed by atoms with E-state index < -0.39 is 0 Å². The molecular weight excluding hydrogens is 254 g/mol. The molecule has 1 N–H and O–H groups in total. The van der Waals surface area contributed by atoms with Crippen molar-refractivity contribution in [2.75, 3.05) is 19.1 Å². The predicted molar refractivity (Wildman–Crippen MR) is 77.4 cm³/mol. The van der Waals surface area contributed by atoms with Crippen LogP contribution in [-0.2, 0) is 6.54 Å². The van der Waals surface area contributed by atoms with Crippen molar-refractivity contribution in [2.45, 2.75) is 25.4 Å². The molecule has 0 amide bonds. The van der Waals surface area contributed by atoms with Gasteiger partial charge in [-0.1, -0.05) is 6.07 Å². The highest BCUT2D eigenvalue weighted by atomic mass is 16.5. The Morgan fingerprint density at radius 3 is 3.05 bits per heavy atom. The van der Waals surface area contributed by atoms with Crippen LogP contribution in [0, 0.1) is 0 Å². The number of hydrogen-bond donors (Lipinski definition) is 1. The van der Waals surface area contributed by atoms with Gasteiger partial charge in [0.15, 0.2) is 0 Å². The lowest BCUT2D eigenvalue weighted by Crippen LogP contribution is -2.16. The quantitative estimate of drug-likeness (QED) is 0.877. The van der Waals surface area contributed by atoms with Crippen molar-refractivity contribution in [1.82, 2.24) is 10.3 Å². The number of methoxy groups -OCH3 is 1. The van der Waals surface area contributed by atoms with Gasteiger partial charge in [0.1, 0.15) is 12.0 Å². The summed E-state index contributed by atoms with van der Waals surface area (Å²) in [5, 5.41) is 3.42. The Balaban J connectivity index is 1.70. The van der Waals surface area contributed by atoms with Gasteiger partial charge < -0.3 is 14.5 Å². The molecular formula is C15H19N3O2. The normalized spacial score (nSPS) is 14.3. The third-order valence-electron chi connectivity index (χ3n) is 3.42. The molecule has 1 aliphatic carbocycles. The zero-order valence-corrected chi connectivity index (χ0v) is 11.8. The smallest absolute Gasteiger partial charge is 0.301 e. The molecule has 1 saturated carbocycles. The second kappa shape index (κ2) is 5.54. The number of oxazole rings is 1. The van der Waals surface area contributed by atoms with Crippen molar-refractivity contribution in [3.05, 3.63) is 36.2 Å². The molecule has 5 heteroatoms. The number of rotatable bonds is 6. The van der Waals surface area contributed by atoms with E-state index in [0.717, 1.165) is 23.7 Å². The second-order valence-electron chi connectivity index (χ2n) is 5.04. The maximum Gasteiger partial charge on any atom is 0.301 e. The average Bonchev–Trinajstić information content (AvgIpc) is 3.21. The first kappa shape index (κ1) is 13.0. The first-order valence-corrected chi connectivity index (χ1v) is 6.82. The summed E-state index contributed by atoms with van der Waals surface area (Å²) in [6.45, 7) is 0.764. The van der Waals surface area contributed by atoms with Crippen molar-refractivity contribution >= 4 is 11.7 Å². The standard InChI is InChI=1S/C15H19N3O2/c1-18(13-4-3-5-14(8-13)19-2)15-17-12(10-20-15)9-16-11-6-7-11/h3-5,8,10-11,16H,6-7,9H2,1-2H3. The molecule has 1 aliphatic rings. The molecule has 1 aromatic heterocycles. The van der Waals surface area contributed by atoms with Gasteiger partial charge in [0.05, 0.1) is 12.8 Å². The predicted octanol–water partition coefficient (Wildman–Crippen LogP) is 2.70. The summed E-state index contributed by atoms with van der Waals surface area (Å²) in [6, 6.07) is 9.07. The molecule has 20 heavy (non-hydrogen) atoms. The van der Waals surface area contributed by atoms with Gasteiger partial charge in [0.25, 0.3) is 0 Å². The highest BCUT2D eigenvalue weighted by molar-refractivity contribution is 5.57. The van der Waals surface area contributed by atoms with Crippen LogP contribution in [0.3, 0.4) is 0 Å². The molecule has 1 fully saturated rings. The molecule has 0 atom stereocenters. The van der Waals surface area contributed by atoms with Crippen LogP contribution < -0.4 is 15.0 Å². The van der Waals surface area contributed by atoms with Crippen LogP contribution in [0.5, 0.6) is 5.75 Å². The van der Waals surface area contributed by atoms with Gasteiger partial charge in [-0.15, -0.1) is 0 Å². The molecule has 106 valence electrons. The molecule has 1 aromatic carbocycles. The summed E-state index contributed by atoms with van der Waals surface area (Å²) < 4.78 is 10.8. The minimum absolute atomic E-state index is 0.589. The summed E-state index contributed by atoms with van der Waals surface area (Å²) in [5.41, 5.74) is 1.91. The van der Waals surface area contributed by atoms with Gasteiger partial charge >= 0.3 is 6.01 Å². The van der Waals surface area contributed by atoms with E-state index in [4.69, 9.17) is 9.15 Å². The highest BCUT2D eigenvalue weighted by Crippen LogP contribution is 2.26. The maximum absolute atomic E-state index is 5.54. The Morgan fingerprint density at radius 1 is 1.45 bits per heavy atom. The van der Waals surface area contributed by atoms with Crippen LogP contribution in [0.4, 0.5) is 11.7 Å². The van der Waals surface area contributed by atoms with Gasteiger partial charge in [-0.2, -0.15) is 4.98 Å². The zero-order valence-electron chi connectivity index (χ0n) is 11.8. The van der Waals surface area contributed by atoms with Crippen molar-refractivity contribution in [1.29, 1.82) is 0 Å². The summed E-state index contributed by atoms with van der Waals surface area (Å²) >= 11 is 0. The number of anilines is 2. The van der Waals surface area contributed by atoms with Gasteiger partial charge in [0.2, 0.25) is 0 Å². The summed E-state index contributed by atoms with van der Waals surface area (Å²) in [7, 11) is 3.59. The van der Waals surface area contributed by atoms with E-state index in [9.17, 15) is 0 Å². The number of nitrogens with zero attached hydrogens (tertiary/aromatic N) is 2. The summed E-state index contributed by atoms with van der Waals surface area (Å²) in [6.07, 6.45) is 4.25. The third-order valence-corrected chi connectivity index (χ3v) is 3.42. The van der Waals surface area contributed by atoms with Crippen LogP contribution in [0.1, 0.15) is 18.5 Å². The lowest BCUT2D eigenvalue weighted by atomic mass is 10.3. The van der Waals surface area contributed by atoms with Crippen LogP contribution >= 0.6 is 0 Å². The number of benzene rings is 1. The zero-order chi connectivity index (χ0) is 13.9. The lowest BCUT2D eigenvalue weighted by molar-refractivity contribution is 0.415. The van der Waals surface area contributed by atoms with E-state index >= 15 is 0 Å². The highest BCUT2D eigenvalue weighted by Gasteiger charge is 2.21. The van der Waals surface area contributed by atoms with Gasteiger partial charge in [0, 0.05) is 31.4 Å². The van der Waals surface area contributed by atoms with Crippen molar-refractivity contribution in [3.63, 3.8) is 0 Å². The van der Waals surface area contributed by atoms with Crippen LogP contribution in [-0.4, -0.2) is 25.2 Å². The van der Waals surface area contributed by atoms with E-state index in [1.807, 2.05) is 36.2 Å². The molecule has 0 spiro atoms. The average molecular weight is 273 g/mol. The minimum Gasteiger partial charge on any atom is -0.497 e. The second-order valence-corrected chi connectivity index (χ2v) is 5.04. The number of nitrogens with one attached hydrogen (secondary N) is 1. The maximum atomic E-state index is 5.54. The lowest BCUT2D eigenvalue weighted by Gasteiger charge is -2.15. The molecule has 3 rings (SSSR count). The number of aromatic nitrogens is 1. The topological polar surface area (TPSA) is 50.5 Å². The van der Waals surface area contributed by atoms with Crippen LogP contribution in [0.25, 0.3) is 0 Å². The fourth-order valence-electron chi connectivity index (χ4n) is 2.00. The van der Waals surface area contributed by atoms with Gasteiger partial charge in [-0.05, 0) is 25.0 Å². The minimum atomic E-state index is 0.589. The monoisotopic (exact) mass is 273 g/mol. The molecule has 0 radical (unpaired) electrons. The third kappa shape index (κ3) is 2.93. The van der Waals surface area contributed by atoms with E-state index in [1.165, 1.54) is 12.8 Å². The van der Waals surface area contributed by atoms with Crippen molar-refractivity contribution in [3.8, 4) is 5.75 Å². The molecule has 0 saturated heterocycles. The first-order valence-electron chi connectivity index (χ1n) is 6.82. The Bertz CT molecular complexity index is 578. The molecule has 2 aromatic rings. The van der Waals surface area contributed by atoms with Gasteiger partial charge in [-0.25, -0.2) is 0 Å². The fourth-order valence-corrected chi connectivity index (χ4v) is 2.00. The fraction of sp³-hybridized carbons (Fsp3) is 0.400. The van der Waals surface area contributed by atoms with E-state index in [-0.39, 0.29) is 0 Å². The molecule has 5 nitrogen and oxygen atoms in total. The largest absolute Gasteiger partial charge is 0.497 e. The first-order chi connectivity index (χ1) is 9.76. The summed E-state index contributed by atoms with van der Waals surface area (Å²) in [4.78, 5) is 6.40. The number of hydrogen-bond acceptors (Lipinski definition) is 5. The Hall–Kier alpha value is -2.01. The molecule has 0 bridgehead atoms. The molecule has 1 heterocycles. The SMILES string of the molecule is COc1cccc(N(C)c2nc(CNC3CC3)co2)c1. The van der Waals surface area contributed by atoms with E-state index in [0.29, 0.717) is 12.1 Å². The Labute approximate surface area is 118 Å². The van der Waals surface area contributed by atoms with Crippen molar-refractivity contribution in [2.24, 2.45) is 0 Å². The summed E-state index contributed by atoms with van der Waals surface area (Å²) in [5.74, 6) is 0.816.